The van der Waals surface area contributed by atoms with E-state index in [4.69, 9.17) is 4.74 Å². The summed E-state index contributed by atoms with van der Waals surface area (Å²) in [6.07, 6.45) is 9.78. The lowest BCUT2D eigenvalue weighted by Gasteiger charge is -2.37. The third-order valence-corrected chi connectivity index (χ3v) is 8.04. The van der Waals surface area contributed by atoms with Crippen LogP contribution >= 0.6 is 0 Å². The lowest BCUT2D eigenvalue weighted by molar-refractivity contribution is -0.118. The number of fused-ring (bicyclic) bond motifs is 1. The second kappa shape index (κ2) is 11.9. The molecular weight excluding hydrogens is 484 g/mol. The summed E-state index contributed by atoms with van der Waals surface area (Å²) in [5.74, 6) is 1.05. The Morgan fingerprint density at radius 2 is 1.59 bits per heavy atom. The zero-order valence-corrected chi connectivity index (χ0v) is 23.6. The fourth-order valence-electron chi connectivity index (χ4n) is 5.65. The number of aryl methyl sites for hydroxylation is 1. The molecule has 1 N–H and O–H groups in total. The van der Waals surface area contributed by atoms with Gasteiger partial charge in [-0.15, -0.1) is 0 Å². The summed E-state index contributed by atoms with van der Waals surface area (Å²) in [5.41, 5.74) is 7.82. The van der Waals surface area contributed by atoms with Gasteiger partial charge < -0.3 is 24.8 Å². The Morgan fingerprint density at radius 3 is 2.18 bits per heavy atom. The number of ether oxygens (including phenoxy) is 1. The number of allylic oxidation sites excluding steroid dienone is 4. The first-order valence-corrected chi connectivity index (χ1v) is 14.1. The van der Waals surface area contributed by atoms with E-state index in [1.165, 1.54) is 22.5 Å². The third kappa shape index (κ3) is 5.90. The van der Waals surface area contributed by atoms with Gasteiger partial charge in [-0.1, -0.05) is 49.8 Å². The molecule has 1 amide bonds. The first kappa shape index (κ1) is 26.7. The van der Waals surface area contributed by atoms with Crippen LogP contribution in [0.3, 0.4) is 0 Å². The zero-order valence-electron chi connectivity index (χ0n) is 23.6. The molecule has 3 aliphatic heterocycles. The van der Waals surface area contributed by atoms with Crippen LogP contribution in [0, 0.1) is 12.8 Å². The average Bonchev–Trinajstić information content (AvgIpc) is 3.12. The van der Waals surface area contributed by atoms with Gasteiger partial charge >= 0.3 is 0 Å². The van der Waals surface area contributed by atoms with E-state index in [9.17, 15) is 4.79 Å². The Kier molecular flexibility index (Phi) is 8.10. The molecule has 2 aromatic rings. The minimum Gasteiger partial charge on any atom is -0.497 e. The van der Waals surface area contributed by atoms with Crippen LogP contribution in [0.4, 0.5) is 11.4 Å². The molecule has 5 rings (SSSR count). The van der Waals surface area contributed by atoms with Crippen molar-refractivity contribution in [3.8, 4) is 0 Å². The molecule has 0 aromatic heterocycles. The van der Waals surface area contributed by atoms with Gasteiger partial charge in [-0.2, -0.15) is 0 Å². The molecule has 0 bridgehead atoms. The normalized spacial score (nSPS) is 19.3. The molecule has 0 spiro atoms. The van der Waals surface area contributed by atoms with Crippen LogP contribution in [0.1, 0.15) is 37.8 Å². The Morgan fingerprint density at radius 1 is 0.974 bits per heavy atom. The maximum atomic E-state index is 13.6. The molecular formula is C33H40N4O2. The van der Waals surface area contributed by atoms with Gasteiger partial charge in [0.2, 0.25) is 0 Å². The van der Waals surface area contributed by atoms with Gasteiger partial charge in [-0.25, -0.2) is 0 Å². The standard InChI is InChI=1S/C33H40N4O2/c1-5-31-25(3)8-13-29-22-30(39-4)16-17-37(29)32(31)33(38)34-23-26-9-14-28(15-10-26)36-20-18-35(19-21-36)27-11-6-24(2)7-12-27/h6-7,9-17,22,25H,5,8,18-21,23H2,1-4H3,(H,34,38). The SMILES string of the molecule is CCC1=C(C(=O)NCc2ccc(N3CCN(c4ccc(C)cc4)CC3)cc2)N2C=CC(OC)=CC2=CCC1C. The number of methoxy groups -OCH3 is 1. The highest BCUT2D eigenvalue weighted by molar-refractivity contribution is 5.94. The van der Waals surface area contributed by atoms with Crippen molar-refractivity contribution in [2.75, 3.05) is 43.1 Å². The quantitative estimate of drug-likeness (QED) is 0.490. The van der Waals surface area contributed by atoms with E-state index in [-0.39, 0.29) is 5.91 Å². The number of hydrogen-bond acceptors (Lipinski definition) is 5. The largest absolute Gasteiger partial charge is 0.497 e. The van der Waals surface area contributed by atoms with Crippen LogP contribution < -0.4 is 15.1 Å². The second-order valence-corrected chi connectivity index (χ2v) is 10.6. The molecule has 3 heterocycles. The predicted molar refractivity (Wildman–Crippen MR) is 159 cm³/mol. The van der Waals surface area contributed by atoms with E-state index >= 15 is 0 Å². The van der Waals surface area contributed by atoms with E-state index in [0.29, 0.717) is 12.5 Å². The van der Waals surface area contributed by atoms with Crippen LogP contribution in [0.15, 0.2) is 95.7 Å². The molecule has 6 nitrogen and oxygen atoms in total. The van der Waals surface area contributed by atoms with Gasteiger partial charge in [-0.3, -0.25) is 4.79 Å². The van der Waals surface area contributed by atoms with Gasteiger partial charge in [0, 0.05) is 62.1 Å². The van der Waals surface area contributed by atoms with Crippen molar-refractivity contribution in [3.63, 3.8) is 0 Å². The highest BCUT2D eigenvalue weighted by Crippen LogP contribution is 2.34. The fourth-order valence-corrected chi connectivity index (χ4v) is 5.65. The van der Waals surface area contributed by atoms with Crippen molar-refractivity contribution in [1.29, 1.82) is 0 Å². The minimum absolute atomic E-state index is 0.0401. The number of nitrogens with zero attached hydrogens (tertiary/aromatic N) is 3. The van der Waals surface area contributed by atoms with Crippen LogP contribution in [0.25, 0.3) is 0 Å². The van der Waals surface area contributed by atoms with Gasteiger partial charge in [0.1, 0.15) is 11.5 Å². The lowest BCUT2D eigenvalue weighted by atomic mass is 9.93. The van der Waals surface area contributed by atoms with Crippen LogP contribution in [0.5, 0.6) is 0 Å². The smallest absolute Gasteiger partial charge is 0.268 e. The summed E-state index contributed by atoms with van der Waals surface area (Å²) in [5, 5.41) is 3.19. The lowest BCUT2D eigenvalue weighted by Crippen LogP contribution is -2.46. The minimum atomic E-state index is -0.0401. The number of piperazine rings is 1. The molecule has 0 aliphatic carbocycles. The summed E-state index contributed by atoms with van der Waals surface area (Å²) in [7, 11) is 1.67. The maximum absolute atomic E-state index is 13.6. The Bertz CT molecular complexity index is 1300. The molecule has 1 atom stereocenters. The topological polar surface area (TPSA) is 48.1 Å². The molecule has 204 valence electrons. The van der Waals surface area contributed by atoms with Crippen LogP contribution in [-0.2, 0) is 16.1 Å². The molecule has 39 heavy (non-hydrogen) atoms. The molecule has 6 heteroatoms. The second-order valence-electron chi connectivity index (χ2n) is 10.6. The number of carbonyl (C=O) groups is 1. The monoisotopic (exact) mass is 524 g/mol. The molecule has 0 radical (unpaired) electrons. The van der Waals surface area contributed by atoms with Crippen molar-refractivity contribution in [2.45, 2.75) is 40.2 Å². The Hall–Kier alpha value is -3.93. The molecule has 2 aromatic carbocycles. The maximum Gasteiger partial charge on any atom is 0.268 e. The Labute approximate surface area is 232 Å². The fraction of sp³-hybridized carbons (Fsp3) is 0.364. The summed E-state index contributed by atoms with van der Waals surface area (Å²) in [4.78, 5) is 20.5. The van der Waals surface area contributed by atoms with E-state index in [1.807, 2.05) is 23.3 Å². The number of anilines is 2. The van der Waals surface area contributed by atoms with E-state index in [0.717, 1.165) is 61.7 Å². The number of carbonyl (C=O) groups excluding carboxylic acids is 1. The number of amides is 1. The molecule has 1 saturated heterocycles. The number of benzene rings is 2. The van der Waals surface area contributed by atoms with Gasteiger partial charge in [0.15, 0.2) is 0 Å². The van der Waals surface area contributed by atoms with E-state index in [2.05, 4.69) is 90.5 Å². The van der Waals surface area contributed by atoms with E-state index in [1.54, 1.807) is 7.11 Å². The number of rotatable bonds is 7. The van der Waals surface area contributed by atoms with Crippen molar-refractivity contribution >= 4 is 17.3 Å². The molecule has 0 saturated carbocycles. The average molecular weight is 525 g/mol. The summed E-state index contributed by atoms with van der Waals surface area (Å²) in [6.45, 7) is 11.0. The molecule has 1 fully saturated rings. The third-order valence-electron chi connectivity index (χ3n) is 8.04. The molecule has 3 aliphatic rings. The van der Waals surface area contributed by atoms with Crippen molar-refractivity contribution in [2.24, 2.45) is 5.92 Å². The number of hydrogen-bond donors (Lipinski definition) is 1. The zero-order chi connectivity index (χ0) is 27.4. The molecule has 1 unspecified atom stereocenters. The van der Waals surface area contributed by atoms with Crippen LogP contribution in [-0.4, -0.2) is 44.1 Å². The van der Waals surface area contributed by atoms with E-state index < -0.39 is 0 Å². The van der Waals surface area contributed by atoms with Gasteiger partial charge in [0.05, 0.1) is 7.11 Å². The van der Waals surface area contributed by atoms with Gasteiger partial charge in [0.25, 0.3) is 5.91 Å². The summed E-state index contributed by atoms with van der Waals surface area (Å²) >= 11 is 0. The number of nitrogens with one attached hydrogen (secondary N) is 1. The first-order chi connectivity index (χ1) is 19.0. The van der Waals surface area contributed by atoms with Crippen LogP contribution in [0.2, 0.25) is 0 Å². The van der Waals surface area contributed by atoms with Crippen molar-refractivity contribution in [3.05, 3.63) is 107 Å². The summed E-state index contributed by atoms with van der Waals surface area (Å²) in [6, 6.07) is 17.4. The van der Waals surface area contributed by atoms with Crippen molar-refractivity contribution in [1.82, 2.24) is 10.2 Å². The summed E-state index contributed by atoms with van der Waals surface area (Å²) < 4.78 is 5.43. The Balaban J connectivity index is 1.21. The van der Waals surface area contributed by atoms with Crippen molar-refractivity contribution < 1.29 is 9.53 Å². The first-order valence-electron chi connectivity index (χ1n) is 14.1. The van der Waals surface area contributed by atoms with Gasteiger partial charge in [-0.05, 0) is 67.2 Å². The predicted octanol–water partition coefficient (Wildman–Crippen LogP) is 5.89. The highest BCUT2D eigenvalue weighted by atomic mass is 16.5. The highest BCUT2D eigenvalue weighted by Gasteiger charge is 2.28.